The Morgan fingerprint density at radius 2 is 0.815 bits per heavy atom. The zero-order valence-corrected chi connectivity index (χ0v) is 29.4. The lowest BCUT2D eigenvalue weighted by molar-refractivity contribution is 1.11. The second-order valence-corrected chi connectivity index (χ2v) is 14.0. The Kier molecular flexibility index (Phi) is 6.86. The van der Waals surface area contributed by atoms with E-state index in [0.717, 1.165) is 39.3 Å². The molecule has 0 fully saturated rings. The number of para-hydroxylation sites is 1. The van der Waals surface area contributed by atoms with Gasteiger partial charge in [0.15, 0.2) is 0 Å². The highest BCUT2D eigenvalue weighted by Crippen LogP contribution is 2.46. The van der Waals surface area contributed by atoms with E-state index in [1.165, 1.54) is 60.1 Å². The minimum absolute atomic E-state index is 0.924. The largest absolute Gasteiger partial charge is 0.308 e. The molecule has 0 bridgehead atoms. The van der Waals surface area contributed by atoms with E-state index >= 15 is 0 Å². The predicted molar refractivity (Wildman–Crippen MR) is 227 cm³/mol. The van der Waals surface area contributed by atoms with Crippen molar-refractivity contribution in [3.05, 3.63) is 200 Å². The van der Waals surface area contributed by atoms with Gasteiger partial charge in [-0.15, -0.1) is 0 Å². The van der Waals surface area contributed by atoms with Gasteiger partial charge in [-0.05, 0) is 80.9 Å². The summed E-state index contributed by atoms with van der Waals surface area (Å²) in [5.41, 5.74) is 12.4. The van der Waals surface area contributed by atoms with Gasteiger partial charge in [0.2, 0.25) is 0 Å². The Balaban J connectivity index is 1.38. The van der Waals surface area contributed by atoms with Crippen LogP contribution in [0.25, 0.3) is 99.4 Å². The van der Waals surface area contributed by atoms with Gasteiger partial charge in [-0.2, -0.15) is 0 Å². The van der Waals surface area contributed by atoms with E-state index in [1.807, 2.05) is 0 Å². The molecule has 0 saturated heterocycles. The summed E-state index contributed by atoms with van der Waals surface area (Å²) in [7, 11) is 0. The SMILES string of the molecule is c1ccc(-c2cc(-c3ccccc3)cc(-n3c4ccc5nc(-c6ccccc6)n(-c6ccccc6)c5c4c4c5ccccc5c5ccccc5c43)c2)cc1. The Labute approximate surface area is 312 Å². The van der Waals surface area contributed by atoms with Gasteiger partial charge in [0.1, 0.15) is 5.82 Å². The number of fused-ring (bicyclic) bond motifs is 10. The lowest BCUT2D eigenvalue weighted by atomic mass is 9.96. The molecule has 0 amide bonds. The molecule has 3 heteroatoms. The smallest absolute Gasteiger partial charge is 0.145 e. The standard InChI is InChI=1S/C51H33N3/c1-5-17-34(18-6-1)37-31-38(35-19-7-2-8-20-35)33-40(32-37)53-46-30-29-45-50(54(39-23-11-4-12-24-39)51(52-45)36-21-9-3-10-22-36)48(46)47-43-27-15-13-25-41(43)42-26-14-16-28-44(42)49(47)53/h1-33H. The van der Waals surface area contributed by atoms with Gasteiger partial charge >= 0.3 is 0 Å². The van der Waals surface area contributed by atoms with Gasteiger partial charge in [-0.1, -0.05) is 158 Å². The fraction of sp³-hybridized carbons (Fsp3) is 0. The van der Waals surface area contributed by atoms with Crippen LogP contribution < -0.4 is 0 Å². The molecular formula is C51H33N3. The van der Waals surface area contributed by atoms with Crippen LogP contribution in [0.3, 0.4) is 0 Å². The second kappa shape index (κ2) is 12.2. The van der Waals surface area contributed by atoms with Gasteiger partial charge in [-0.3, -0.25) is 4.57 Å². The van der Waals surface area contributed by atoms with Gasteiger partial charge < -0.3 is 4.57 Å². The normalized spacial score (nSPS) is 11.7. The van der Waals surface area contributed by atoms with E-state index in [9.17, 15) is 0 Å². The first-order valence-electron chi connectivity index (χ1n) is 18.5. The molecular weight excluding hydrogens is 655 g/mol. The third kappa shape index (κ3) is 4.65. The topological polar surface area (TPSA) is 22.8 Å². The summed E-state index contributed by atoms with van der Waals surface area (Å²) in [6.45, 7) is 0. The van der Waals surface area contributed by atoms with Crippen molar-refractivity contribution in [3.8, 4) is 45.0 Å². The van der Waals surface area contributed by atoms with Crippen LogP contribution in [-0.4, -0.2) is 14.1 Å². The van der Waals surface area contributed by atoms with Gasteiger partial charge in [0.05, 0.1) is 22.1 Å². The maximum absolute atomic E-state index is 5.40. The lowest BCUT2D eigenvalue weighted by Crippen LogP contribution is -1.98. The van der Waals surface area contributed by atoms with Crippen molar-refractivity contribution in [1.82, 2.24) is 14.1 Å². The molecule has 11 aromatic rings. The fourth-order valence-electron chi connectivity index (χ4n) is 8.53. The van der Waals surface area contributed by atoms with E-state index in [4.69, 9.17) is 4.98 Å². The number of imidazole rings is 1. The zero-order chi connectivity index (χ0) is 35.6. The summed E-state index contributed by atoms with van der Waals surface area (Å²) in [5.74, 6) is 0.924. The van der Waals surface area contributed by atoms with E-state index in [-0.39, 0.29) is 0 Å². The van der Waals surface area contributed by atoms with Crippen molar-refractivity contribution in [3.63, 3.8) is 0 Å². The van der Waals surface area contributed by atoms with E-state index in [1.54, 1.807) is 0 Å². The minimum Gasteiger partial charge on any atom is -0.308 e. The highest BCUT2D eigenvalue weighted by molar-refractivity contribution is 6.35. The molecule has 0 N–H and O–H groups in total. The average molecular weight is 688 g/mol. The third-order valence-electron chi connectivity index (χ3n) is 10.9. The maximum atomic E-state index is 5.40. The Morgan fingerprint density at radius 3 is 1.43 bits per heavy atom. The van der Waals surface area contributed by atoms with Crippen molar-refractivity contribution >= 4 is 54.4 Å². The monoisotopic (exact) mass is 687 g/mol. The van der Waals surface area contributed by atoms with Crippen LogP contribution in [0.15, 0.2) is 200 Å². The minimum atomic E-state index is 0.924. The molecule has 0 aliphatic heterocycles. The van der Waals surface area contributed by atoms with Crippen molar-refractivity contribution in [2.24, 2.45) is 0 Å². The molecule has 9 aromatic carbocycles. The summed E-state index contributed by atoms with van der Waals surface area (Å²) < 4.78 is 4.89. The number of benzene rings is 9. The Bertz CT molecular complexity index is 3120. The first-order valence-corrected chi connectivity index (χ1v) is 18.5. The van der Waals surface area contributed by atoms with E-state index < -0.39 is 0 Å². The number of rotatable bonds is 5. The molecule has 252 valence electrons. The van der Waals surface area contributed by atoms with Crippen LogP contribution in [-0.2, 0) is 0 Å². The molecule has 11 rings (SSSR count). The molecule has 0 atom stereocenters. The Morgan fingerprint density at radius 1 is 0.315 bits per heavy atom. The number of nitrogens with zero attached hydrogens (tertiary/aromatic N) is 3. The van der Waals surface area contributed by atoms with Crippen molar-refractivity contribution in [2.45, 2.75) is 0 Å². The maximum Gasteiger partial charge on any atom is 0.145 e. The first kappa shape index (κ1) is 30.4. The molecule has 0 spiro atoms. The fourth-order valence-corrected chi connectivity index (χ4v) is 8.53. The van der Waals surface area contributed by atoms with Crippen molar-refractivity contribution in [2.75, 3.05) is 0 Å². The van der Waals surface area contributed by atoms with Gasteiger partial charge in [0, 0.05) is 33.1 Å². The molecule has 0 aliphatic rings. The highest BCUT2D eigenvalue weighted by Gasteiger charge is 2.25. The van der Waals surface area contributed by atoms with Crippen LogP contribution in [0.5, 0.6) is 0 Å². The summed E-state index contributed by atoms with van der Waals surface area (Å²) in [4.78, 5) is 5.40. The molecule has 0 saturated carbocycles. The molecule has 2 aromatic heterocycles. The average Bonchev–Trinajstić information content (AvgIpc) is 3.82. The molecule has 0 aliphatic carbocycles. The van der Waals surface area contributed by atoms with Crippen LogP contribution >= 0.6 is 0 Å². The van der Waals surface area contributed by atoms with Crippen molar-refractivity contribution in [1.29, 1.82) is 0 Å². The first-order chi connectivity index (χ1) is 26.8. The summed E-state index contributed by atoms with van der Waals surface area (Å²) >= 11 is 0. The molecule has 0 unspecified atom stereocenters. The number of hydrogen-bond donors (Lipinski definition) is 0. The van der Waals surface area contributed by atoms with Crippen LogP contribution in [0.1, 0.15) is 0 Å². The zero-order valence-electron chi connectivity index (χ0n) is 29.4. The summed E-state index contributed by atoms with van der Waals surface area (Å²) in [5, 5.41) is 7.35. The van der Waals surface area contributed by atoms with Crippen molar-refractivity contribution < 1.29 is 0 Å². The van der Waals surface area contributed by atoms with Crippen LogP contribution in [0, 0.1) is 0 Å². The van der Waals surface area contributed by atoms with Gasteiger partial charge in [0.25, 0.3) is 0 Å². The third-order valence-corrected chi connectivity index (χ3v) is 10.9. The second-order valence-electron chi connectivity index (χ2n) is 14.0. The van der Waals surface area contributed by atoms with E-state index in [2.05, 4.69) is 209 Å². The molecule has 2 heterocycles. The Hall–Kier alpha value is -7.23. The van der Waals surface area contributed by atoms with Gasteiger partial charge in [-0.25, -0.2) is 4.98 Å². The number of aromatic nitrogens is 3. The molecule has 54 heavy (non-hydrogen) atoms. The predicted octanol–water partition coefficient (Wildman–Crippen LogP) is 13.4. The summed E-state index contributed by atoms with van der Waals surface area (Å²) in [6.07, 6.45) is 0. The quantitative estimate of drug-likeness (QED) is 0.165. The van der Waals surface area contributed by atoms with Crippen LogP contribution in [0.2, 0.25) is 0 Å². The molecule has 3 nitrogen and oxygen atoms in total. The lowest BCUT2D eigenvalue weighted by Gasteiger charge is -2.15. The summed E-state index contributed by atoms with van der Waals surface area (Å²) in [6, 6.07) is 72.1. The number of hydrogen-bond acceptors (Lipinski definition) is 1. The van der Waals surface area contributed by atoms with E-state index in [0.29, 0.717) is 0 Å². The highest BCUT2D eigenvalue weighted by atomic mass is 15.1. The molecule has 0 radical (unpaired) electrons. The van der Waals surface area contributed by atoms with Crippen LogP contribution in [0.4, 0.5) is 0 Å².